The molecule has 0 aliphatic carbocycles. The normalized spacial score (nSPS) is 11.8. The van der Waals surface area contributed by atoms with Crippen molar-refractivity contribution in [2.45, 2.75) is 52.1 Å². The van der Waals surface area contributed by atoms with Crippen LogP contribution >= 0.6 is 23.2 Å². The van der Waals surface area contributed by atoms with Crippen molar-refractivity contribution in [2.75, 3.05) is 13.1 Å². The minimum absolute atomic E-state index is 0.122. The molecule has 1 aromatic carbocycles. The summed E-state index contributed by atoms with van der Waals surface area (Å²) in [4.78, 5) is 24.0. The Balaban J connectivity index is 2.43. The van der Waals surface area contributed by atoms with Crippen molar-refractivity contribution >= 4 is 35.2 Å². The zero-order valence-electron chi connectivity index (χ0n) is 15.3. The molecule has 0 aliphatic rings. The van der Waals surface area contributed by atoms with Crippen LogP contribution in [0.2, 0.25) is 10.0 Å². The first-order valence-corrected chi connectivity index (χ1v) is 8.90. The summed E-state index contributed by atoms with van der Waals surface area (Å²) in [6.45, 7) is 9.91. The summed E-state index contributed by atoms with van der Waals surface area (Å²) in [6, 6.07) is 5.17. The van der Waals surface area contributed by atoms with Gasteiger partial charge in [0, 0.05) is 13.1 Å². The Labute approximate surface area is 159 Å². The minimum Gasteiger partial charge on any atom is -0.444 e. The highest BCUT2D eigenvalue weighted by Crippen LogP contribution is 2.30. The molecule has 0 saturated carbocycles. The van der Waals surface area contributed by atoms with E-state index in [0.29, 0.717) is 29.6 Å². The number of rotatable bonds is 6. The summed E-state index contributed by atoms with van der Waals surface area (Å²) < 4.78 is 5.14. The van der Waals surface area contributed by atoms with Crippen LogP contribution in [-0.2, 0) is 14.9 Å². The summed E-state index contributed by atoms with van der Waals surface area (Å²) in [6.07, 6.45) is 0.137. The third-order valence-corrected chi connectivity index (χ3v) is 4.26. The van der Waals surface area contributed by atoms with Crippen LogP contribution in [0.15, 0.2) is 18.2 Å². The number of amides is 2. The lowest BCUT2D eigenvalue weighted by Gasteiger charge is -2.24. The maximum Gasteiger partial charge on any atom is 0.407 e. The topological polar surface area (TPSA) is 67.4 Å². The highest BCUT2D eigenvalue weighted by molar-refractivity contribution is 6.42. The molecule has 0 fully saturated rings. The molecule has 0 spiro atoms. The Morgan fingerprint density at radius 1 is 1.00 bits per heavy atom. The van der Waals surface area contributed by atoms with E-state index < -0.39 is 17.1 Å². The number of ether oxygens (including phenoxy) is 1. The van der Waals surface area contributed by atoms with E-state index in [4.69, 9.17) is 27.9 Å². The fraction of sp³-hybridized carbons (Fsp3) is 0.556. The smallest absolute Gasteiger partial charge is 0.407 e. The summed E-state index contributed by atoms with van der Waals surface area (Å²) >= 11 is 11.9. The molecule has 1 rings (SSSR count). The molecule has 0 heterocycles. The van der Waals surface area contributed by atoms with Crippen molar-refractivity contribution in [3.8, 4) is 0 Å². The summed E-state index contributed by atoms with van der Waals surface area (Å²) in [5, 5.41) is 6.39. The van der Waals surface area contributed by atoms with E-state index in [2.05, 4.69) is 10.6 Å². The third-order valence-electron chi connectivity index (χ3n) is 3.52. The molecule has 7 heteroatoms. The van der Waals surface area contributed by atoms with Gasteiger partial charge in [0.1, 0.15) is 5.60 Å². The largest absolute Gasteiger partial charge is 0.444 e. The summed E-state index contributed by atoms with van der Waals surface area (Å²) in [5.74, 6) is -0.122. The van der Waals surface area contributed by atoms with Crippen molar-refractivity contribution in [3.05, 3.63) is 33.8 Å². The minimum atomic E-state index is -0.743. The maximum absolute atomic E-state index is 12.4. The number of carbonyl (C=O) groups is 2. The lowest BCUT2D eigenvalue weighted by molar-refractivity contribution is -0.125. The van der Waals surface area contributed by atoms with Crippen LogP contribution in [-0.4, -0.2) is 30.7 Å². The van der Waals surface area contributed by atoms with Crippen LogP contribution in [0.4, 0.5) is 4.79 Å². The van der Waals surface area contributed by atoms with Crippen molar-refractivity contribution in [1.29, 1.82) is 0 Å². The molecule has 0 unspecified atom stereocenters. The van der Waals surface area contributed by atoms with Crippen LogP contribution in [0.5, 0.6) is 0 Å². The van der Waals surface area contributed by atoms with Gasteiger partial charge in [-0.1, -0.05) is 29.3 Å². The number of hydrogen-bond acceptors (Lipinski definition) is 3. The van der Waals surface area contributed by atoms with E-state index in [0.717, 1.165) is 5.56 Å². The first-order chi connectivity index (χ1) is 11.4. The molecule has 0 bridgehead atoms. The average Bonchev–Trinajstić information content (AvgIpc) is 2.47. The molecule has 0 radical (unpaired) electrons. The standard InChI is InChI=1S/C18H26Cl2N2O3/c1-17(2,3)25-16(24)22-10-6-9-21-15(23)18(4,5)12-7-8-13(19)14(20)11-12/h7-8,11H,6,9-10H2,1-5H3,(H,21,23)(H,22,24). The van der Waals surface area contributed by atoms with Gasteiger partial charge in [0.2, 0.25) is 5.91 Å². The highest BCUT2D eigenvalue weighted by Gasteiger charge is 2.29. The highest BCUT2D eigenvalue weighted by atomic mass is 35.5. The lowest BCUT2D eigenvalue weighted by Crippen LogP contribution is -2.41. The number of hydrogen-bond donors (Lipinski definition) is 2. The molecular weight excluding hydrogens is 363 g/mol. The Morgan fingerprint density at radius 3 is 2.16 bits per heavy atom. The van der Waals surface area contributed by atoms with Gasteiger partial charge in [0.25, 0.3) is 0 Å². The molecule has 0 aliphatic heterocycles. The van der Waals surface area contributed by atoms with E-state index in [-0.39, 0.29) is 5.91 Å². The Morgan fingerprint density at radius 2 is 1.60 bits per heavy atom. The summed E-state index contributed by atoms with van der Waals surface area (Å²) in [7, 11) is 0. The van der Waals surface area contributed by atoms with E-state index >= 15 is 0 Å². The van der Waals surface area contributed by atoms with Crippen LogP contribution in [0.3, 0.4) is 0 Å². The van der Waals surface area contributed by atoms with Crippen LogP contribution in [0, 0.1) is 0 Å². The molecule has 2 N–H and O–H groups in total. The number of benzene rings is 1. The van der Waals surface area contributed by atoms with Crippen molar-refractivity contribution in [1.82, 2.24) is 10.6 Å². The second-order valence-electron chi connectivity index (χ2n) is 7.29. The first kappa shape index (κ1) is 21.6. The van der Waals surface area contributed by atoms with Crippen molar-refractivity contribution in [2.24, 2.45) is 0 Å². The first-order valence-electron chi connectivity index (χ1n) is 8.14. The van der Waals surface area contributed by atoms with E-state index in [9.17, 15) is 9.59 Å². The third kappa shape index (κ3) is 7.12. The SMILES string of the molecule is CC(C)(C)OC(=O)NCCCNC(=O)C(C)(C)c1ccc(Cl)c(Cl)c1. The average molecular weight is 389 g/mol. The van der Waals surface area contributed by atoms with E-state index in [1.54, 1.807) is 39.0 Å². The van der Waals surface area contributed by atoms with Gasteiger partial charge >= 0.3 is 6.09 Å². The van der Waals surface area contributed by atoms with Gasteiger partial charge in [-0.05, 0) is 58.7 Å². The maximum atomic E-state index is 12.4. The number of halogens is 2. The predicted octanol–water partition coefficient (Wildman–Crippen LogP) is 4.30. The fourth-order valence-corrected chi connectivity index (χ4v) is 2.33. The lowest BCUT2D eigenvalue weighted by atomic mass is 9.83. The molecule has 0 atom stereocenters. The Hall–Kier alpha value is -1.46. The van der Waals surface area contributed by atoms with Gasteiger partial charge < -0.3 is 15.4 Å². The van der Waals surface area contributed by atoms with E-state index in [1.807, 2.05) is 13.8 Å². The monoisotopic (exact) mass is 388 g/mol. The van der Waals surface area contributed by atoms with Gasteiger partial charge in [-0.3, -0.25) is 4.79 Å². The zero-order valence-corrected chi connectivity index (χ0v) is 16.8. The van der Waals surface area contributed by atoms with Crippen LogP contribution < -0.4 is 10.6 Å². The number of alkyl carbamates (subject to hydrolysis) is 1. The molecule has 2 amide bonds. The van der Waals surface area contributed by atoms with Gasteiger partial charge in [-0.2, -0.15) is 0 Å². The fourth-order valence-electron chi connectivity index (χ4n) is 2.03. The van der Waals surface area contributed by atoms with Crippen molar-refractivity contribution < 1.29 is 14.3 Å². The molecule has 140 valence electrons. The molecule has 25 heavy (non-hydrogen) atoms. The van der Waals surface area contributed by atoms with Gasteiger partial charge in [0.05, 0.1) is 15.5 Å². The van der Waals surface area contributed by atoms with Gasteiger partial charge in [0.15, 0.2) is 0 Å². The molecular formula is C18H26Cl2N2O3. The van der Waals surface area contributed by atoms with Crippen molar-refractivity contribution in [3.63, 3.8) is 0 Å². The van der Waals surface area contributed by atoms with Gasteiger partial charge in [-0.15, -0.1) is 0 Å². The second-order valence-corrected chi connectivity index (χ2v) is 8.11. The van der Waals surface area contributed by atoms with Gasteiger partial charge in [-0.25, -0.2) is 4.79 Å². The molecule has 1 aromatic rings. The quantitative estimate of drug-likeness (QED) is 0.713. The van der Waals surface area contributed by atoms with E-state index in [1.165, 1.54) is 0 Å². The van der Waals surface area contributed by atoms with Crippen LogP contribution in [0.1, 0.15) is 46.6 Å². The second kappa shape index (κ2) is 8.77. The number of nitrogens with one attached hydrogen (secondary N) is 2. The zero-order chi connectivity index (χ0) is 19.3. The predicted molar refractivity (Wildman–Crippen MR) is 101 cm³/mol. The molecule has 0 saturated heterocycles. The number of carbonyl (C=O) groups excluding carboxylic acids is 2. The van der Waals surface area contributed by atoms with Crippen LogP contribution in [0.25, 0.3) is 0 Å². The molecule has 0 aromatic heterocycles. The Bertz CT molecular complexity index is 625. The Kier molecular flexibility index (Phi) is 7.57. The molecule has 5 nitrogen and oxygen atoms in total. The summed E-state index contributed by atoms with van der Waals surface area (Å²) in [5.41, 5.74) is -0.485.